The number of carbonyl (C=O) groups excluding carboxylic acids is 4. The summed E-state index contributed by atoms with van der Waals surface area (Å²) in [7, 11) is 3.27. The van der Waals surface area contributed by atoms with Gasteiger partial charge in [0.1, 0.15) is 28.4 Å². The molecule has 298 valence electrons. The molecular weight excluding hydrogens is 735 g/mol. The fraction of sp³-hybridized carbons (Fsp3) is 0.289. The number of imidazole rings is 1. The lowest BCUT2D eigenvalue weighted by Crippen LogP contribution is -2.39. The number of ether oxygens (including phenoxy) is 2. The van der Waals surface area contributed by atoms with Crippen LogP contribution in [0.4, 0.5) is 17.3 Å². The fourth-order valence-electron chi connectivity index (χ4n) is 5.96. The molecule has 0 spiro atoms. The quantitative estimate of drug-likeness (QED) is 0.0331. The van der Waals surface area contributed by atoms with Crippen molar-refractivity contribution in [2.24, 2.45) is 16.5 Å². The second-order valence-electron chi connectivity index (χ2n) is 12.6. The largest absolute Gasteiger partial charge is 0.494 e. The van der Waals surface area contributed by atoms with E-state index in [1.165, 1.54) is 43.8 Å². The molecule has 0 atom stereocenters. The molecule has 4 amide bonds. The van der Waals surface area contributed by atoms with Gasteiger partial charge in [-0.25, -0.2) is 4.98 Å². The van der Waals surface area contributed by atoms with Gasteiger partial charge >= 0.3 is 0 Å². The smallest absolute Gasteiger partial charge is 0.270 e. The average Bonchev–Trinajstić information content (AvgIpc) is 3.77. The van der Waals surface area contributed by atoms with Crippen LogP contribution < -0.4 is 41.8 Å². The predicted octanol–water partition coefficient (Wildman–Crippen LogP) is 2.58. The van der Waals surface area contributed by atoms with Gasteiger partial charge in [-0.2, -0.15) is 15.3 Å². The van der Waals surface area contributed by atoms with E-state index in [1.54, 1.807) is 33.2 Å². The van der Waals surface area contributed by atoms with E-state index in [9.17, 15) is 19.2 Å². The number of hydrogen-bond donors (Lipinski definition) is 5. The second kappa shape index (κ2) is 18.9. The Morgan fingerprint density at radius 1 is 1.00 bits per heavy atom. The molecule has 0 aliphatic heterocycles. The molecule has 0 bridgehead atoms. The molecule has 5 aromatic rings. The molecule has 0 saturated heterocycles. The highest BCUT2D eigenvalue weighted by Crippen LogP contribution is 2.39. The first-order valence-electron chi connectivity index (χ1n) is 17.9. The standard InChI is InChI=1S/C38H45N13O6/c1-6-51-29(16-23(2)48-51)37(55)43-22-49(32-27(42-4)17-25(34(39)52)19-30(32)56-5)13-7-8-14-50-33-28(46-38(50)47-36(54)24-10-12-44-45-21-24)18-26(35(40)53)20-31(33)57-15-9-11-41-3/h7-8,10,12,16-21,41H,4,6,9,11,13-15,22H2,1-3,5H3,(H2,39,52)(H2,40,53)(H,43,55)(H,46,47,54)/b8-7+. The molecule has 0 fully saturated rings. The summed E-state index contributed by atoms with van der Waals surface area (Å²) in [4.78, 5) is 61.8. The first kappa shape index (κ1) is 41.0. The van der Waals surface area contributed by atoms with Gasteiger partial charge in [-0.05, 0) is 77.0 Å². The number of aromatic nitrogens is 6. The van der Waals surface area contributed by atoms with E-state index >= 15 is 0 Å². The monoisotopic (exact) mass is 779 g/mol. The molecule has 0 aliphatic rings. The summed E-state index contributed by atoms with van der Waals surface area (Å²) in [6.07, 6.45) is 7.05. The topological polar surface area (TPSA) is 252 Å². The zero-order valence-corrected chi connectivity index (χ0v) is 32.1. The molecule has 19 heteroatoms. The molecule has 0 aliphatic carbocycles. The Morgan fingerprint density at radius 2 is 1.75 bits per heavy atom. The summed E-state index contributed by atoms with van der Waals surface area (Å²) in [6.45, 7) is 9.20. The number of fused-ring (bicyclic) bond motifs is 1. The van der Waals surface area contributed by atoms with Crippen LogP contribution in [0.15, 0.2) is 65.9 Å². The third kappa shape index (κ3) is 9.75. The van der Waals surface area contributed by atoms with Gasteiger partial charge in [-0.15, -0.1) is 0 Å². The van der Waals surface area contributed by atoms with Crippen LogP contribution in [0.3, 0.4) is 0 Å². The molecule has 5 rings (SSSR count). The molecule has 57 heavy (non-hydrogen) atoms. The highest BCUT2D eigenvalue weighted by Gasteiger charge is 2.23. The molecule has 0 radical (unpaired) electrons. The van der Waals surface area contributed by atoms with Crippen molar-refractivity contribution < 1.29 is 28.7 Å². The van der Waals surface area contributed by atoms with Gasteiger partial charge in [0.05, 0.1) is 55.2 Å². The van der Waals surface area contributed by atoms with E-state index in [-0.39, 0.29) is 54.1 Å². The first-order valence-corrected chi connectivity index (χ1v) is 17.9. The maximum atomic E-state index is 13.4. The average molecular weight is 780 g/mol. The number of aryl methyl sites for hydroxylation is 2. The normalized spacial score (nSPS) is 11.1. The first-order chi connectivity index (χ1) is 27.5. The lowest BCUT2D eigenvalue weighted by Gasteiger charge is -2.27. The van der Waals surface area contributed by atoms with Crippen molar-refractivity contribution in [2.75, 3.05) is 50.7 Å². The number of rotatable bonds is 20. The van der Waals surface area contributed by atoms with Gasteiger partial charge in [0.2, 0.25) is 17.8 Å². The van der Waals surface area contributed by atoms with E-state index in [2.05, 4.69) is 47.9 Å². The number of primary amides is 2. The van der Waals surface area contributed by atoms with Crippen LogP contribution in [0.2, 0.25) is 0 Å². The minimum Gasteiger partial charge on any atom is -0.494 e. The Balaban J connectivity index is 1.53. The third-order valence-electron chi connectivity index (χ3n) is 8.68. The van der Waals surface area contributed by atoms with Crippen molar-refractivity contribution in [1.29, 1.82) is 0 Å². The Labute approximate surface area is 328 Å². The van der Waals surface area contributed by atoms with Gasteiger partial charge in [-0.3, -0.25) is 34.2 Å². The number of hydrogen-bond acceptors (Lipinski definition) is 13. The van der Waals surface area contributed by atoms with Gasteiger partial charge < -0.3 is 41.0 Å². The van der Waals surface area contributed by atoms with E-state index in [1.807, 2.05) is 26.1 Å². The highest BCUT2D eigenvalue weighted by molar-refractivity contribution is 6.05. The summed E-state index contributed by atoms with van der Waals surface area (Å²) in [5.41, 5.74) is 14.5. The zero-order valence-electron chi connectivity index (χ0n) is 32.1. The maximum absolute atomic E-state index is 13.4. The van der Waals surface area contributed by atoms with Crippen LogP contribution in [0.1, 0.15) is 60.6 Å². The second-order valence-corrected chi connectivity index (χ2v) is 12.6. The fourth-order valence-corrected chi connectivity index (χ4v) is 5.96. The van der Waals surface area contributed by atoms with E-state index < -0.39 is 17.7 Å². The van der Waals surface area contributed by atoms with Crippen LogP contribution in [0.25, 0.3) is 11.0 Å². The molecule has 7 N–H and O–H groups in total. The maximum Gasteiger partial charge on any atom is 0.270 e. The van der Waals surface area contributed by atoms with Crippen molar-refractivity contribution in [3.63, 3.8) is 0 Å². The zero-order chi connectivity index (χ0) is 41.1. The van der Waals surface area contributed by atoms with Crippen LogP contribution in [-0.2, 0) is 13.1 Å². The molecule has 0 unspecified atom stereocenters. The Hall–Kier alpha value is -7.15. The van der Waals surface area contributed by atoms with Crippen molar-refractivity contribution in [1.82, 2.24) is 40.2 Å². The molecule has 19 nitrogen and oxygen atoms in total. The Morgan fingerprint density at radius 3 is 2.42 bits per heavy atom. The summed E-state index contributed by atoms with van der Waals surface area (Å²) in [6, 6.07) is 9.27. The van der Waals surface area contributed by atoms with E-state index in [0.29, 0.717) is 65.7 Å². The number of benzene rings is 2. The number of nitrogens with one attached hydrogen (secondary N) is 3. The number of aliphatic imine (C=N–C) groups is 1. The Kier molecular flexibility index (Phi) is 13.6. The van der Waals surface area contributed by atoms with Crippen molar-refractivity contribution in [3.05, 3.63) is 89.0 Å². The van der Waals surface area contributed by atoms with Crippen molar-refractivity contribution >= 4 is 58.7 Å². The summed E-state index contributed by atoms with van der Waals surface area (Å²) < 4.78 is 15.2. The predicted molar refractivity (Wildman–Crippen MR) is 214 cm³/mol. The number of allylic oxidation sites excluding steroid dienone is 1. The Bertz CT molecular complexity index is 2300. The molecule has 0 saturated carbocycles. The summed E-state index contributed by atoms with van der Waals surface area (Å²) in [5.74, 6) is -1.43. The van der Waals surface area contributed by atoms with Crippen molar-refractivity contribution in [2.45, 2.75) is 33.4 Å². The number of amides is 4. The third-order valence-corrected chi connectivity index (χ3v) is 8.68. The number of carbonyl (C=O) groups is 4. The SMILES string of the molecule is C=Nc1cc(C(N)=O)cc(OC)c1N(C/C=C/Cn1c(NC(=O)c2ccnnc2)nc2cc(C(N)=O)cc(OCCCNC)c21)CNC(=O)c1cc(C)nn1CC. The summed E-state index contributed by atoms with van der Waals surface area (Å²) in [5, 5.41) is 20.8. The minimum atomic E-state index is -0.684. The van der Waals surface area contributed by atoms with Gasteiger partial charge in [0.15, 0.2) is 0 Å². The highest BCUT2D eigenvalue weighted by atomic mass is 16.5. The molecule has 3 heterocycles. The number of nitrogens with two attached hydrogens (primary N) is 2. The molecule has 2 aromatic carbocycles. The lowest BCUT2D eigenvalue weighted by molar-refractivity contribution is 0.0940. The van der Waals surface area contributed by atoms with Gasteiger partial charge in [0, 0.05) is 30.8 Å². The number of nitrogens with zero attached hydrogens (tertiary/aromatic N) is 8. The van der Waals surface area contributed by atoms with E-state index in [4.69, 9.17) is 20.9 Å². The molecular formula is C38H45N13O6. The van der Waals surface area contributed by atoms with Gasteiger partial charge in [0.25, 0.3) is 11.8 Å². The van der Waals surface area contributed by atoms with Crippen LogP contribution >= 0.6 is 0 Å². The van der Waals surface area contributed by atoms with Crippen LogP contribution in [-0.4, -0.2) is 100 Å². The molecule has 3 aromatic heterocycles. The minimum absolute atomic E-state index is 0.0261. The summed E-state index contributed by atoms with van der Waals surface area (Å²) >= 11 is 0. The van der Waals surface area contributed by atoms with E-state index in [0.717, 1.165) is 0 Å². The van der Waals surface area contributed by atoms with Crippen molar-refractivity contribution in [3.8, 4) is 11.5 Å². The van der Waals surface area contributed by atoms with Crippen LogP contribution in [0.5, 0.6) is 11.5 Å². The number of methoxy groups -OCH3 is 1. The van der Waals surface area contributed by atoms with Gasteiger partial charge in [-0.1, -0.05) is 12.2 Å². The number of anilines is 2. The lowest BCUT2D eigenvalue weighted by atomic mass is 10.1. The van der Waals surface area contributed by atoms with Crippen LogP contribution in [0, 0.1) is 6.92 Å².